The fourth-order valence-electron chi connectivity index (χ4n) is 0.0546. The zero-order chi connectivity index (χ0) is 5.91. The van der Waals surface area contributed by atoms with Crippen LogP contribution in [-0.4, -0.2) is 17.8 Å². The SMILES string of the molecule is NCC(F)(F)CBr. The van der Waals surface area contributed by atoms with Gasteiger partial charge in [-0.15, -0.1) is 0 Å². The third-order valence-corrected chi connectivity index (χ3v) is 1.31. The first-order chi connectivity index (χ1) is 3.12. The molecule has 7 heavy (non-hydrogen) atoms. The summed E-state index contributed by atoms with van der Waals surface area (Å²) < 4.78 is 23.4. The van der Waals surface area contributed by atoms with Crippen LogP contribution >= 0.6 is 15.9 Å². The van der Waals surface area contributed by atoms with E-state index in [-0.39, 0.29) is 5.33 Å². The smallest absolute Gasteiger partial charge is 0.269 e. The van der Waals surface area contributed by atoms with E-state index in [0.29, 0.717) is 0 Å². The third kappa shape index (κ3) is 2.93. The first-order valence-corrected chi connectivity index (χ1v) is 2.88. The van der Waals surface area contributed by atoms with Gasteiger partial charge in [-0.25, -0.2) is 8.78 Å². The lowest BCUT2D eigenvalue weighted by molar-refractivity contribution is 0.0389. The van der Waals surface area contributed by atoms with Crippen molar-refractivity contribution in [2.75, 3.05) is 11.9 Å². The summed E-state index contributed by atoms with van der Waals surface area (Å²) in [5.74, 6) is -2.72. The minimum absolute atomic E-state index is 0.351. The molecule has 0 aliphatic carbocycles. The van der Waals surface area contributed by atoms with Gasteiger partial charge in [-0.2, -0.15) is 0 Å². The molecule has 1 nitrogen and oxygen atoms in total. The van der Waals surface area contributed by atoms with E-state index in [1.165, 1.54) is 0 Å². The monoisotopic (exact) mass is 173 g/mol. The van der Waals surface area contributed by atoms with Crippen molar-refractivity contribution in [2.45, 2.75) is 5.92 Å². The van der Waals surface area contributed by atoms with Gasteiger partial charge >= 0.3 is 0 Å². The molecule has 0 aliphatic heterocycles. The molecule has 0 aromatic rings. The highest BCUT2D eigenvalue weighted by molar-refractivity contribution is 9.09. The highest BCUT2D eigenvalue weighted by atomic mass is 79.9. The average molecular weight is 174 g/mol. The molecule has 0 radical (unpaired) electrons. The van der Waals surface area contributed by atoms with Gasteiger partial charge in [0, 0.05) is 0 Å². The second kappa shape index (κ2) is 2.57. The van der Waals surface area contributed by atoms with Crippen LogP contribution in [0.1, 0.15) is 0 Å². The minimum atomic E-state index is -2.72. The molecule has 0 saturated heterocycles. The Kier molecular flexibility index (Phi) is 2.68. The van der Waals surface area contributed by atoms with Crippen LogP contribution in [0.25, 0.3) is 0 Å². The van der Waals surface area contributed by atoms with Crippen LogP contribution in [0, 0.1) is 0 Å². The molecule has 0 amide bonds. The molecule has 0 spiro atoms. The van der Waals surface area contributed by atoms with Crippen LogP contribution < -0.4 is 5.73 Å². The normalized spacial score (nSPS) is 12.0. The van der Waals surface area contributed by atoms with E-state index in [1.54, 1.807) is 0 Å². The maximum Gasteiger partial charge on any atom is 0.269 e. The van der Waals surface area contributed by atoms with Crippen molar-refractivity contribution >= 4 is 15.9 Å². The number of nitrogens with two attached hydrogens (primary N) is 1. The van der Waals surface area contributed by atoms with E-state index >= 15 is 0 Å². The predicted octanol–water partition coefficient (Wildman–Crippen LogP) is 0.975. The molecular formula is C3H6BrF2N. The summed E-state index contributed by atoms with van der Waals surface area (Å²) >= 11 is 2.60. The molecule has 0 fully saturated rings. The Morgan fingerprint density at radius 1 is 1.57 bits per heavy atom. The summed E-state index contributed by atoms with van der Waals surface area (Å²) in [6.07, 6.45) is 0. The number of rotatable bonds is 2. The van der Waals surface area contributed by atoms with Crippen LogP contribution in [0.4, 0.5) is 8.78 Å². The van der Waals surface area contributed by atoms with Gasteiger partial charge in [0.25, 0.3) is 5.92 Å². The second-order valence-corrected chi connectivity index (χ2v) is 1.75. The summed E-state index contributed by atoms with van der Waals surface area (Å²) in [6, 6.07) is 0. The van der Waals surface area contributed by atoms with Crippen molar-refractivity contribution in [2.24, 2.45) is 5.73 Å². The number of hydrogen-bond acceptors (Lipinski definition) is 1. The van der Waals surface area contributed by atoms with Gasteiger partial charge in [-0.05, 0) is 0 Å². The van der Waals surface area contributed by atoms with Gasteiger partial charge in [0.05, 0.1) is 11.9 Å². The fraction of sp³-hybridized carbons (Fsp3) is 1.00. The Hall–Kier alpha value is 0.300. The summed E-state index contributed by atoms with van der Waals surface area (Å²) in [4.78, 5) is 0. The first kappa shape index (κ1) is 7.30. The zero-order valence-electron chi connectivity index (χ0n) is 3.63. The van der Waals surface area contributed by atoms with Crippen LogP contribution in [0.5, 0.6) is 0 Å². The van der Waals surface area contributed by atoms with Crippen LogP contribution in [-0.2, 0) is 0 Å². The molecule has 0 saturated carbocycles. The van der Waals surface area contributed by atoms with E-state index in [4.69, 9.17) is 0 Å². The lowest BCUT2D eigenvalue weighted by Crippen LogP contribution is -2.28. The minimum Gasteiger partial charge on any atom is -0.325 e. The highest BCUT2D eigenvalue weighted by Gasteiger charge is 2.23. The first-order valence-electron chi connectivity index (χ1n) is 1.76. The van der Waals surface area contributed by atoms with Crippen LogP contribution in [0.3, 0.4) is 0 Å². The third-order valence-electron chi connectivity index (χ3n) is 0.494. The summed E-state index contributed by atoms with van der Waals surface area (Å²) in [5, 5.41) is -0.351. The second-order valence-electron chi connectivity index (χ2n) is 1.19. The number of halogens is 3. The largest absolute Gasteiger partial charge is 0.325 e. The topological polar surface area (TPSA) is 26.0 Å². The maximum absolute atomic E-state index is 11.7. The molecule has 0 unspecified atom stereocenters. The van der Waals surface area contributed by atoms with Crippen molar-refractivity contribution in [3.63, 3.8) is 0 Å². The lowest BCUT2D eigenvalue weighted by atomic mass is 10.4. The van der Waals surface area contributed by atoms with Crippen molar-refractivity contribution in [3.8, 4) is 0 Å². The van der Waals surface area contributed by atoms with E-state index in [9.17, 15) is 8.78 Å². The van der Waals surface area contributed by atoms with Crippen LogP contribution in [0.2, 0.25) is 0 Å². The van der Waals surface area contributed by atoms with Gasteiger partial charge in [0.15, 0.2) is 0 Å². The molecule has 0 rings (SSSR count). The van der Waals surface area contributed by atoms with Gasteiger partial charge < -0.3 is 5.73 Å². The summed E-state index contributed by atoms with van der Waals surface area (Å²) in [6.45, 7) is -0.585. The fourth-order valence-corrected chi connectivity index (χ4v) is 0.283. The van der Waals surface area contributed by atoms with Gasteiger partial charge in [-0.3, -0.25) is 0 Å². The van der Waals surface area contributed by atoms with Crippen molar-refractivity contribution in [1.82, 2.24) is 0 Å². The summed E-state index contributed by atoms with van der Waals surface area (Å²) in [5.41, 5.74) is 4.64. The van der Waals surface area contributed by atoms with E-state index < -0.39 is 12.5 Å². The molecule has 0 bridgehead atoms. The molecule has 0 aromatic heterocycles. The Morgan fingerprint density at radius 2 is 2.00 bits per heavy atom. The number of alkyl halides is 3. The molecular weight excluding hydrogens is 168 g/mol. The Labute approximate surface area is 49.0 Å². The molecule has 0 atom stereocenters. The Morgan fingerprint density at radius 3 is 2.00 bits per heavy atom. The number of hydrogen-bond donors (Lipinski definition) is 1. The highest BCUT2D eigenvalue weighted by Crippen LogP contribution is 2.12. The molecule has 0 aliphatic rings. The van der Waals surface area contributed by atoms with E-state index in [2.05, 4.69) is 21.7 Å². The average Bonchev–Trinajstić information content (AvgIpc) is 1.68. The van der Waals surface area contributed by atoms with Crippen LogP contribution in [0.15, 0.2) is 0 Å². The molecule has 0 heterocycles. The maximum atomic E-state index is 11.7. The van der Waals surface area contributed by atoms with E-state index in [1.807, 2.05) is 0 Å². The Bertz CT molecular complexity index is 50.9. The van der Waals surface area contributed by atoms with Gasteiger partial charge in [0.2, 0.25) is 0 Å². The van der Waals surface area contributed by atoms with Gasteiger partial charge in [0.1, 0.15) is 0 Å². The Balaban J connectivity index is 3.36. The van der Waals surface area contributed by atoms with E-state index in [0.717, 1.165) is 0 Å². The molecule has 0 aromatic carbocycles. The zero-order valence-corrected chi connectivity index (χ0v) is 5.21. The standard InChI is InChI=1S/C3H6BrF2N/c4-1-3(5,6)2-7/h1-2,7H2. The molecule has 44 valence electrons. The quantitative estimate of drug-likeness (QED) is 0.620. The van der Waals surface area contributed by atoms with Crippen molar-refractivity contribution < 1.29 is 8.78 Å². The molecule has 2 N–H and O–H groups in total. The molecule has 4 heteroatoms. The lowest BCUT2D eigenvalue weighted by Gasteiger charge is -2.06. The van der Waals surface area contributed by atoms with Gasteiger partial charge in [-0.1, -0.05) is 15.9 Å². The summed E-state index contributed by atoms with van der Waals surface area (Å²) in [7, 11) is 0. The predicted molar refractivity (Wildman–Crippen MR) is 27.8 cm³/mol. The van der Waals surface area contributed by atoms with Crippen molar-refractivity contribution in [3.05, 3.63) is 0 Å². The van der Waals surface area contributed by atoms with Crippen molar-refractivity contribution in [1.29, 1.82) is 0 Å².